The van der Waals surface area contributed by atoms with Crippen LogP contribution in [0.3, 0.4) is 0 Å². The smallest absolute Gasteiger partial charge is 0.140 e. The van der Waals surface area contributed by atoms with Crippen LogP contribution in [0, 0.1) is 0 Å². The van der Waals surface area contributed by atoms with Crippen LogP contribution in [0.5, 0.6) is 0 Å². The van der Waals surface area contributed by atoms with Crippen molar-refractivity contribution in [3.05, 3.63) is 53.4 Å². The topological polar surface area (TPSA) is 55.5 Å². The van der Waals surface area contributed by atoms with E-state index in [1.807, 2.05) is 36.4 Å². The lowest BCUT2D eigenvalue weighted by Crippen LogP contribution is -2.00. The fourth-order valence-corrected chi connectivity index (χ4v) is 2.37. The largest absolute Gasteiger partial charge is 0.388 e. The van der Waals surface area contributed by atoms with Gasteiger partial charge in [-0.15, -0.1) is 0 Å². The quantitative estimate of drug-likeness (QED) is 0.917. The van der Waals surface area contributed by atoms with E-state index in [1.165, 1.54) is 0 Å². The lowest BCUT2D eigenvalue weighted by atomic mass is 10.0. The van der Waals surface area contributed by atoms with Gasteiger partial charge in [-0.05, 0) is 18.4 Å². The molecule has 4 nitrogen and oxygen atoms in total. The summed E-state index contributed by atoms with van der Waals surface area (Å²) < 4.78 is 10.8. The van der Waals surface area contributed by atoms with Crippen molar-refractivity contribution in [1.82, 2.24) is 5.16 Å². The second kappa shape index (κ2) is 5.55. The lowest BCUT2D eigenvalue weighted by molar-refractivity contribution is 0.105. The number of benzene rings is 1. The molecule has 0 aliphatic carbocycles. The fourth-order valence-electron chi connectivity index (χ4n) is 2.37. The molecular weight excluding hydrogens is 242 g/mol. The first kappa shape index (κ1) is 12.4. The summed E-state index contributed by atoms with van der Waals surface area (Å²) in [5, 5.41) is 14.2. The van der Waals surface area contributed by atoms with E-state index in [4.69, 9.17) is 9.26 Å². The van der Waals surface area contributed by atoms with Crippen LogP contribution in [0.15, 0.2) is 40.9 Å². The first-order chi connectivity index (χ1) is 9.33. The first-order valence-corrected chi connectivity index (χ1v) is 6.63. The highest BCUT2D eigenvalue weighted by molar-refractivity contribution is 5.19. The van der Waals surface area contributed by atoms with Crippen LogP contribution in [0.4, 0.5) is 0 Å². The highest BCUT2D eigenvalue weighted by atomic mass is 16.5. The summed E-state index contributed by atoms with van der Waals surface area (Å²) in [6.07, 6.45) is 1.99. The van der Waals surface area contributed by atoms with Crippen molar-refractivity contribution in [3.63, 3.8) is 0 Å². The fraction of sp³-hybridized carbons (Fsp3) is 0.400. The van der Waals surface area contributed by atoms with Crippen LogP contribution in [0.2, 0.25) is 0 Å². The summed E-state index contributed by atoms with van der Waals surface area (Å²) in [5.74, 6) is 0.696. The average molecular weight is 259 g/mol. The molecule has 1 N–H and O–H groups in total. The molecule has 100 valence electrons. The van der Waals surface area contributed by atoms with Crippen LogP contribution in [0.25, 0.3) is 0 Å². The molecule has 2 aromatic rings. The Morgan fingerprint density at radius 3 is 2.89 bits per heavy atom. The average Bonchev–Trinajstić information content (AvgIpc) is 3.10. The van der Waals surface area contributed by atoms with Crippen LogP contribution < -0.4 is 0 Å². The van der Waals surface area contributed by atoms with E-state index >= 15 is 0 Å². The molecule has 1 aromatic heterocycles. The Morgan fingerprint density at radius 2 is 2.16 bits per heavy atom. The summed E-state index contributed by atoms with van der Waals surface area (Å²) in [5.41, 5.74) is 1.73. The minimum Gasteiger partial charge on any atom is -0.388 e. The van der Waals surface area contributed by atoms with Gasteiger partial charge >= 0.3 is 0 Å². The van der Waals surface area contributed by atoms with Gasteiger partial charge in [0.15, 0.2) is 0 Å². The zero-order valence-corrected chi connectivity index (χ0v) is 10.7. The Kier molecular flexibility index (Phi) is 3.62. The molecule has 1 fully saturated rings. The number of rotatable bonds is 4. The van der Waals surface area contributed by atoms with E-state index < -0.39 is 6.10 Å². The van der Waals surface area contributed by atoms with Gasteiger partial charge in [-0.1, -0.05) is 35.5 Å². The van der Waals surface area contributed by atoms with Crippen molar-refractivity contribution in [2.45, 2.75) is 31.5 Å². The van der Waals surface area contributed by atoms with Gasteiger partial charge in [0.2, 0.25) is 0 Å². The summed E-state index contributed by atoms with van der Waals surface area (Å²) in [6.45, 7) is 0.791. The van der Waals surface area contributed by atoms with E-state index in [0.29, 0.717) is 12.2 Å². The third kappa shape index (κ3) is 2.85. The predicted molar refractivity (Wildman–Crippen MR) is 69.5 cm³/mol. The Hall–Kier alpha value is -1.65. The van der Waals surface area contributed by atoms with Crippen LogP contribution in [0.1, 0.15) is 42.1 Å². The molecule has 0 saturated carbocycles. The molecule has 1 aliphatic rings. The van der Waals surface area contributed by atoms with E-state index in [-0.39, 0.29) is 6.10 Å². The molecule has 1 aromatic carbocycles. The second-order valence-electron chi connectivity index (χ2n) is 4.85. The number of ether oxygens (including phenoxy) is 1. The van der Waals surface area contributed by atoms with Crippen molar-refractivity contribution in [2.24, 2.45) is 0 Å². The number of hydrogen-bond acceptors (Lipinski definition) is 4. The summed E-state index contributed by atoms with van der Waals surface area (Å²) in [4.78, 5) is 0. The number of aromatic nitrogens is 1. The molecule has 2 heterocycles. The van der Waals surface area contributed by atoms with E-state index in [0.717, 1.165) is 30.7 Å². The minimum absolute atomic E-state index is 0.0615. The monoisotopic (exact) mass is 259 g/mol. The Balaban J connectivity index is 1.66. The number of aliphatic hydroxyl groups is 1. The molecule has 2 unspecified atom stereocenters. The van der Waals surface area contributed by atoms with Gasteiger partial charge in [-0.2, -0.15) is 0 Å². The maximum absolute atomic E-state index is 10.1. The first-order valence-electron chi connectivity index (χ1n) is 6.63. The SMILES string of the molecule is OC(Cc1cc(C2CCCO2)no1)c1ccccc1. The van der Waals surface area contributed by atoms with Crippen LogP contribution in [-0.2, 0) is 11.2 Å². The maximum atomic E-state index is 10.1. The summed E-state index contributed by atoms with van der Waals surface area (Å²) in [6, 6.07) is 11.5. The maximum Gasteiger partial charge on any atom is 0.140 e. The zero-order valence-electron chi connectivity index (χ0n) is 10.7. The molecule has 2 atom stereocenters. The molecule has 19 heavy (non-hydrogen) atoms. The van der Waals surface area contributed by atoms with E-state index in [9.17, 15) is 5.11 Å². The third-order valence-corrected chi connectivity index (χ3v) is 3.42. The molecule has 0 spiro atoms. The van der Waals surface area contributed by atoms with Gasteiger partial charge in [0.05, 0.1) is 6.10 Å². The standard InChI is InChI=1S/C15H17NO3/c17-14(11-5-2-1-3-6-11)10-12-9-13(16-19-12)15-7-4-8-18-15/h1-3,5-6,9,14-15,17H,4,7-8,10H2. The number of nitrogens with zero attached hydrogens (tertiary/aromatic N) is 1. The van der Waals surface area contributed by atoms with Crippen molar-refractivity contribution >= 4 is 0 Å². The van der Waals surface area contributed by atoms with Gasteiger partial charge in [0, 0.05) is 19.1 Å². The lowest BCUT2D eigenvalue weighted by Gasteiger charge is -2.07. The van der Waals surface area contributed by atoms with Crippen molar-refractivity contribution < 1.29 is 14.4 Å². The molecule has 3 rings (SSSR count). The molecular formula is C15H17NO3. The van der Waals surface area contributed by atoms with Crippen molar-refractivity contribution in [2.75, 3.05) is 6.61 Å². The van der Waals surface area contributed by atoms with Gasteiger partial charge in [-0.25, -0.2) is 0 Å². The van der Waals surface area contributed by atoms with Gasteiger partial charge in [0.25, 0.3) is 0 Å². The van der Waals surface area contributed by atoms with E-state index in [1.54, 1.807) is 0 Å². The molecule has 0 radical (unpaired) electrons. The summed E-state index contributed by atoms with van der Waals surface area (Å²) in [7, 11) is 0. The van der Waals surface area contributed by atoms with E-state index in [2.05, 4.69) is 5.16 Å². The van der Waals surface area contributed by atoms with Gasteiger partial charge in [0.1, 0.15) is 17.6 Å². The highest BCUT2D eigenvalue weighted by Crippen LogP contribution is 2.29. The molecule has 4 heteroatoms. The van der Waals surface area contributed by atoms with Crippen molar-refractivity contribution in [3.8, 4) is 0 Å². The van der Waals surface area contributed by atoms with Gasteiger partial charge in [-0.3, -0.25) is 0 Å². The van der Waals surface area contributed by atoms with Crippen LogP contribution >= 0.6 is 0 Å². The molecule has 1 aliphatic heterocycles. The third-order valence-electron chi connectivity index (χ3n) is 3.42. The Bertz CT molecular complexity index is 517. The Labute approximate surface area is 112 Å². The molecule has 0 bridgehead atoms. The molecule has 0 amide bonds. The van der Waals surface area contributed by atoms with Crippen molar-refractivity contribution in [1.29, 1.82) is 0 Å². The number of aliphatic hydroxyl groups excluding tert-OH is 1. The van der Waals surface area contributed by atoms with Crippen LogP contribution in [-0.4, -0.2) is 16.9 Å². The zero-order chi connectivity index (χ0) is 13.1. The predicted octanol–water partition coefficient (Wildman–Crippen LogP) is 2.80. The highest BCUT2D eigenvalue weighted by Gasteiger charge is 2.22. The Morgan fingerprint density at radius 1 is 1.32 bits per heavy atom. The number of hydrogen-bond donors (Lipinski definition) is 1. The normalized spacial score (nSPS) is 20.6. The second-order valence-corrected chi connectivity index (χ2v) is 4.85. The minimum atomic E-state index is -0.563. The summed E-state index contributed by atoms with van der Waals surface area (Å²) >= 11 is 0. The molecule has 1 saturated heterocycles. The van der Waals surface area contributed by atoms with Gasteiger partial charge < -0.3 is 14.4 Å².